The van der Waals surface area contributed by atoms with Crippen LogP contribution in [0.1, 0.15) is 58.1 Å². The molecule has 5 aliphatic rings. The van der Waals surface area contributed by atoms with Crippen molar-refractivity contribution in [1.82, 2.24) is 9.88 Å². The maximum Gasteiger partial charge on any atom is 0.343 e. The molecule has 7 rings (SSSR count). The average Bonchev–Trinajstić information content (AvgIpc) is 3.53. The summed E-state index contributed by atoms with van der Waals surface area (Å²) in [6, 6.07) is 5.06. The number of H-pyrrole nitrogens is 1. The number of ether oxygens (including phenoxy) is 2. The van der Waals surface area contributed by atoms with Crippen LogP contribution in [0.3, 0.4) is 0 Å². The third-order valence-electron chi connectivity index (χ3n) is 8.80. The Kier molecular flexibility index (Phi) is 3.67. The lowest BCUT2D eigenvalue weighted by Crippen LogP contribution is -2.74. The molecule has 4 atom stereocenters. The Morgan fingerprint density at radius 3 is 2.91 bits per heavy atom. The molecule has 3 N–H and O–H groups in total. The van der Waals surface area contributed by atoms with Crippen LogP contribution in [0.5, 0.6) is 11.5 Å². The smallest absolute Gasteiger partial charge is 0.343 e. The minimum Gasteiger partial charge on any atom is -0.504 e. The van der Waals surface area contributed by atoms with Gasteiger partial charge in [0.1, 0.15) is 5.56 Å². The molecule has 0 radical (unpaired) electrons. The molecular weight excluding hydrogens is 424 g/mol. The van der Waals surface area contributed by atoms with Crippen molar-refractivity contribution in [1.29, 1.82) is 0 Å². The maximum atomic E-state index is 12.8. The number of phenols is 1. The Balaban J connectivity index is 1.48. The van der Waals surface area contributed by atoms with E-state index in [0.29, 0.717) is 42.2 Å². The van der Waals surface area contributed by atoms with E-state index in [1.165, 1.54) is 20.0 Å². The Bertz CT molecular complexity index is 1280. The molecule has 2 bridgehead atoms. The fourth-order valence-electron chi connectivity index (χ4n) is 7.19. The number of nitrogens with zero attached hydrogens (tertiary/aromatic N) is 1. The van der Waals surface area contributed by atoms with Gasteiger partial charge in [0.05, 0.1) is 23.8 Å². The van der Waals surface area contributed by atoms with E-state index >= 15 is 0 Å². The van der Waals surface area contributed by atoms with Crippen molar-refractivity contribution in [3.63, 3.8) is 0 Å². The highest BCUT2D eigenvalue weighted by molar-refractivity contribution is 5.89. The molecule has 1 aromatic carbocycles. The number of pyridine rings is 1. The zero-order valence-corrected chi connectivity index (χ0v) is 18.4. The average molecular weight is 450 g/mol. The standard InChI is InChI=1S/C25H26N2O6/c1-32-23(30)15-8-14-10-25(31)17-9-13-4-5-16(28)20-18(13)24(25,6-7-27(17)11-12-2-3-12)21(33-20)19(14)26-22(15)29/h4-5,8,12,17,21,28,31H,2-3,6-7,9-11H2,1H3,(H,26,29)/t17-,21+,24+,25-/m1/s1. The van der Waals surface area contributed by atoms with Gasteiger partial charge in [0.2, 0.25) is 0 Å². The molecule has 1 aromatic heterocycles. The summed E-state index contributed by atoms with van der Waals surface area (Å²) in [5.74, 6) is 0.443. The highest BCUT2D eigenvalue weighted by Crippen LogP contribution is 2.68. The van der Waals surface area contributed by atoms with Crippen LogP contribution >= 0.6 is 0 Å². The highest BCUT2D eigenvalue weighted by Gasteiger charge is 2.72. The van der Waals surface area contributed by atoms with Crippen LogP contribution in [0, 0.1) is 5.92 Å². The molecule has 0 amide bonds. The number of likely N-dealkylation sites (tertiary alicyclic amines) is 1. The fourth-order valence-corrected chi connectivity index (χ4v) is 7.19. The molecule has 2 aliphatic heterocycles. The van der Waals surface area contributed by atoms with E-state index in [2.05, 4.69) is 9.88 Å². The van der Waals surface area contributed by atoms with Crippen LogP contribution in [0.2, 0.25) is 0 Å². The van der Waals surface area contributed by atoms with E-state index in [4.69, 9.17) is 9.47 Å². The van der Waals surface area contributed by atoms with Gasteiger partial charge in [-0.15, -0.1) is 0 Å². The van der Waals surface area contributed by atoms with Crippen molar-refractivity contribution in [3.8, 4) is 11.5 Å². The second kappa shape index (κ2) is 6.18. The first kappa shape index (κ1) is 19.6. The lowest BCUT2D eigenvalue weighted by Gasteiger charge is -2.63. The fraction of sp³-hybridized carbons (Fsp3) is 0.520. The van der Waals surface area contributed by atoms with Crippen molar-refractivity contribution in [2.45, 2.75) is 55.3 Å². The monoisotopic (exact) mass is 450 g/mol. The van der Waals surface area contributed by atoms with Crippen LogP contribution in [0.15, 0.2) is 23.0 Å². The van der Waals surface area contributed by atoms with Gasteiger partial charge in [-0.1, -0.05) is 6.07 Å². The first-order valence-electron chi connectivity index (χ1n) is 11.7. The number of fused-ring (bicyclic) bond motifs is 2. The molecule has 8 nitrogen and oxygen atoms in total. The number of hydrogen-bond acceptors (Lipinski definition) is 7. The van der Waals surface area contributed by atoms with Crippen LogP contribution < -0.4 is 10.3 Å². The van der Waals surface area contributed by atoms with E-state index < -0.39 is 28.6 Å². The van der Waals surface area contributed by atoms with E-state index in [-0.39, 0.29) is 17.4 Å². The summed E-state index contributed by atoms with van der Waals surface area (Å²) in [7, 11) is 1.24. The summed E-state index contributed by atoms with van der Waals surface area (Å²) in [6.07, 6.45) is 3.47. The number of methoxy groups -OCH3 is 1. The van der Waals surface area contributed by atoms with Crippen molar-refractivity contribution in [2.75, 3.05) is 20.2 Å². The zero-order valence-electron chi connectivity index (χ0n) is 18.4. The number of benzene rings is 1. The van der Waals surface area contributed by atoms with Crippen LogP contribution in [0.4, 0.5) is 0 Å². The van der Waals surface area contributed by atoms with Gasteiger partial charge in [0.25, 0.3) is 5.56 Å². The predicted octanol–water partition coefficient (Wildman–Crippen LogP) is 1.57. The Hall–Kier alpha value is -2.84. The molecule has 1 saturated heterocycles. The van der Waals surface area contributed by atoms with E-state index in [0.717, 1.165) is 24.2 Å². The summed E-state index contributed by atoms with van der Waals surface area (Å²) in [6.45, 7) is 1.80. The van der Waals surface area contributed by atoms with Crippen LogP contribution in [-0.4, -0.2) is 57.9 Å². The second-order valence-electron chi connectivity index (χ2n) is 10.4. The minimum absolute atomic E-state index is 0.0498. The van der Waals surface area contributed by atoms with Crippen LogP contribution in [-0.2, 0) is 23.0 Å². The van der Waals surface area contributed by atoms with Gasteiger partial charge in [-0.05, 0) is 61.4 Å². The first-order chi connectivity index (χ1) is 15.9. The van der Waals surface area contributed by atoms with Crippen molar-refractivity contribution < 1.29 is 24.5 Å². The van der Waals surface area contributed by atoms with E-state index in [9.17, 15) is 19.8 Å². The lowest BCUT2D eigenvalue weighted by atomic mass is 9.49. The van der Waals surface area contributed by atoms with Crippen molar-refractivity contribution >= 4 is 5.97 Å². The summed E-state index contributed by atoms with van der Waals surface area (Å²) < 4.78 is 11.2. The maximum absolute atomic E-state index is 12.8. The number of aliphatic hydroxyl groups is 1. The molecule has 1 spiro atoms. The SMILES string of the molecule is COC(=O)c1cc2c([nH]c1=O)[C@@H]1Oc3c(O)ccc4c3[C@@]13CCN(CC1CC1)[C@H](C4)[C@]3(O)C2. The van der Waals surface area contributed by atoms with Crippen LogP contribution in [0.25, 0.3) is 0 Å². The number of aromatic hydroxyl groups is 1. The van der Waals surface area contributed by atoms with Gasteiger partial charge in [0, 0.05) is 24.6 Å². The third-order valence-corrected chi connectivity index (χ3v) is 8.80. The predicted molar refractivity (Wildman–Crippen MR) is 117 cm³/mol. The molecule has 0 unspecified atom stereocenters. The summed E-state index contributed by atoms with van der Waals surface area (Å²) in [4.78, 5) is 30.3. The molecule has 172 valence electrons. The van der Waals surface area contributed by atoms with Gasteiger partial charge in [-0.25, -0.2) is 4.79 Å². The molecule has 2 aromatic rings. The van der Waals surface area contributed by atoms with Gasteiger partial charge in [-0.3, -0.25) is 9.69 Å². The molecular formula is C25H26N2O6. The first-order valence-corrected chi connectivity index (χ1v) is 11.7. The number of piperidine rings is 1. The van der Waals surface area contributed by atoms with Gasteiger partial charge < -0.3 is 24.7 Å². The van der Waals surface area contributed by atoms with E-state index in [1.54, 1.807) is 12.1 Å². The number of aromatic amines is 1. The quantitative estimate of drug-likeness (QED) is 0.609. The van der Waals surface area contributed by atoms with Crippen molar-refractivity contribution in [2.24, 2.45) is 5.92 Å². The number of esters is 1. The van der Waals surface area contributed by atoms with Gasteiger partial charge >= 0.3 is 5.97 Å². The number of aromatic nitrogens is 1. The lowest BCUT2D eigenvalue weighted by molar-refractivity contribution is -0.173. The van der Waals surface area contributed by atoms with Gasteiger partial charge in [-0.2, -0.15) is 0 Å². The zero-order chi connectivity index (χ0) is 22.7. The van der Waals surface area contributed by atoms with Gasteiger partial charge in [0.15, 0.2) is 17.6 Å². The number of carbonyl (C=O) groups is 1. The Labute approximate surface area is 190 Å². The molecule has 8 heteroatoms. The normalized spacial score (nSPS) is 33.2. The highest BCUT2D eigenvalue weighted by atomic mass is 16.5. The number of carbonyl (C=O) groups excluding carboxylic acids is 1. The number of hydrogen-bond donors (Lipinski definition) is 3. The number of phenolic OH excluding ortho intramolecular Hbond substituents is 1. The Morgan fingerprint density at radius 2 is 2.15 bits per heavy atom. The molecule has 2 fully saturated rings. The summed E-state index contributed by atoms with van der Waals surface area (Å²) in [5.41, 5.74) is 0.716. The van der Waals surface area contributed by atoms with E-state index in [1.807, 2.05) is 6.07 Å². The Morgan fingerprint density at radius 1 is 1.33 bits per heavy atom. The number of nitrogens with one attached hydrogen (secondary N) is 1. The summed E-state index contributed by atoms with van der Waals surface area (Å²) >= 11 is 0. The molecule has 1 saturated carbocycles. The topological polar surface area (TPSA) is 112 Å². The minimum atomic E-state index is -1.16. The third kappa shape index (κ3) is 2.28. The molecule has 3 heterocycles. The second-order valence-corrected chi connectivity index (χ2v) is 10.4. The number of rotatable bonds is 3. The molecule has 33 heavy (non-hydrogen) atoms. The summed E-state index contributed by atoms with van der Waals surface area (Å²) in [5, 5.41) is 23.3. The molecule has 3 aliphatic carbocycles. The largest absolute Gasteiger partial charge is 0.504 e. The van der Waals surface area contributed by atoms with Crippen molar-refractivity contribution in [3.05, 3.63) is 56.5 Å².